The van der Waals surface area contributed by atoms with E-state index in [1.54, 1.807) is 6.07 Å². The molecule has 132 valence electrons. The summed E-state index contributed by atoms with van der Waals surface area (Å²) in [6.45, 7) is 0.417. The van der Waals surface area contributed by atoms with Crippen molar-refractivity contribution in [2.75, 3.05) is 0 Å². The van der Waals surface area contributed by atoms with Crippen molar-refractivity contribution in [3.05, 3.63) is 82.6 Å². The summed E-state index contributed by atoms with van der Waals surface area (Å²) in [7, 11) is 0. The van der Waals surface area contributed by atoms with E-state index in [9.17, 15) is 4.79 Å². The number of rotatable bonds is 3. The molecule has 1 N–H and O–H groups in total. The van der Waals surface area contributed by atoms with Crippen LogP contribution in [0.5, 0.6) is 0 Å². The van der Waals surface area contributed by atoms with Crippen LogP contribution in [0.3, 0.4) is 0 Å². The number of aromatic amines is 1. The number of ether oxygens (including phenoxy) is 1. The first-order valence-corrected chi connectivity index (χ1v) is 9.06. The summed E-state index contributed by atoms with van der Waals surface area (Å²) in [6, 6.07) is 21.8. The molecule has 0 bridgehead atoms. The summed E-state index contributed by atoms with van der Waals surface area (Å²) in [4.78, 5) is 12.1. The van der Waals surface area contributed by atoms with E-state index in [2.05, 4.69) is 34.5 Å². The number of H-pyrrole nitrogens is 1. The molecule has 0 saturated carbocycles. The van der Waals surface area contributed by atoms with Crippen LogP contribution in [0.1, 0.15) is 22.0 Å². The Morgan fingerprint density at radius 2 is 1.81 bits per heavy atom. The van der Waals surface area contributed by atoms with Crippen LogP contribution in [-0.2, 0) is 11.3 Å². The number of carbonyl (C=O) groups is 1. The van der Waals surface area contributed by atoms with E-state index >= 15 is 0 Å². The van der Waals surface area contributed by atoms with Crippen LogP contribution in [0.15, 0.2) is 66.7 Å². The minimum Gasteiger partial charge on any atom is -0.452 e. The molecule has 0 aliphatic carbocycles. The maximum atomic E-state index is 12.1. The fourth-order valence-corrected chi connectivity index (χ4v) is 3.76. The highest BCUT2D eigenvalue weighted by molar-refractivity contribution is 7.71. The van der Waals surface area contributed by atoms with Gasteiger partial charge in [-0.15, -0.1) is 0 Å². The van der Waals surface area contributed by atoms with Crippen LogP contribution in [0.2, 0.25) is 0 Å². The van der Waals surface area contributed by atoms with E-state index in [0.717, 1.165) is 22.3 Å². The summed E-state index contributed by atoms with van der Waals surface area (Å²) in [6.07, 6.45) is -0.378. The first-order valence-electron chi connectivity index (χ1n) is 8.65. The van der Waals surface area contributed by atoms with Crippen molar-refractivity contribution in [2.45, 2.75) is 12.6 Å². The van der Waals surface area contributed by atoms with Crippen LogP contribution in [0, 0.1) is 4.77 Å². The topological polar surface area (TPSA) is 59.9 Å². The van der Waals surface area contributed by atoms with E-state index in [1.165, 1.54) is 5.39 Å². The van der Waals surface area contributed by atoms with Gasteiger partial charge in [-0.2, -0.15) is 5.10 Å². The fourth-order valence-electron chi connectivity index (χ4n) is 3.56. The number of fused-ring (bicyclic) bond motifs is 2. The number of benzene rings is 3. The molecule has 0 amide bonds. The average Bonchev–Trinajstić information content (AvgIpc) is 3.22. The van der Waals surface area contributed by atoms with Crippen LogP contribution < -0.4 is 0 Å². The molecule has 0 spiro atoms. The quantitative estimate of drug-likeness (QED) is 0.419. The van der Waals surface area contributed by atoms with Gasteiger partial charge >= 0.3 is 5.97 Å². The Balaban J connectivity index is 1.56. The second-order valence-electron chi connectivity index (χ2n) is 6.51. The van der Waals surface area contributed by atoms with Crippen molar-refractivity contribution in [3.8, 4) is 11.4 Å². The van der Waals surface area contributed by atoms with Gasteiger partial charge in [0.05, 0.1) is 12.1 Å². The first kappa shape index (κ1) is 16.0. The van der Waals surface area contributed by atoms with E-state index in [1.807, 2.05) is 41.0 Å². The summed E-state index contributed by atoms with van der Waals surface area (Å²) >= 11 is 5.44. The highest BCUT2D eigenvalue weighted by Crippen LogP contribution is 2.33. The molecule has 0 radical (unpaired) electrons. The fraction of sp³-hybridized carbons (Fsp3) is 0.0952. The number of nitrogens with one attached hydrogen (secondary N) is 1. The first-order chi connectivity index (χ1) is 13.2. The van der Waals surface area contributed by atoms with Gasteiger partial charge in [-0.3, -0.25) is 9.67 Å². The van der Waals surface area contributed by atoms with Crippen LogP contribution in [0.4, 0.5) is 0 Å². The van der Waals surface area contributed by atoms with Gasteiger partial charge < -0.3 is 4.74 Å². The number of carbonyl (C=O) groups excluding carboxylic acids is 1. The zero-order chi connectivity index (χ0) is 18.4. The smallest absolute Gasteiger partial charge is 0.339 e. The van der Waals surface area contributed by atoms with Crippen LogP contribution in [-0.4, -0.2) is 20.7 Å². The third-order valence-electron chi connectivity index (χ3n) is 4.89. The Labute approximate surface area is 160 Å². The lowest BCUT2D eigenvalue weighted by atomic mass is 10.0. The highest BCUT2D eigenvalue weighted by Gasteiger charge is 2.31. The van der Waals surface area contributed by atoms with Gasteiger partial charge in [-0.25, -0.2) is 4.79 Å². The highest BCUT2D eigenvalue weighted by atomic mass is 32.1. The van der Waals surface area contributed by atoms with E-state index in [-0.39, 0.29) is 12.1 Å². The van der Waals surface area contributed by atoms with E-state index in [0.29, 0.717) is 16.9 Å². The molecule has 27 heavy (non-hydrogen) atoms. The maximum Gasteiger partial charge on any atom is 0.339 e. The molecular formula is C21H15N3O2S. The molecule has 1 atom stereocenters. The number of nitrogens with zero attached hydrogens (tertiary/aromatic N) is 2. The second kappa shape index (κ2) is 6.17. The SMILES string of the molecule is O=C1OC(Cn2c(-c3ccc4ccccc4c3)n[nH]c2=S)c2ccccc21. The van der Waals surface area contributed by atoms with Crippen LogP contribution >= 0.6 is 12.2 Å². The monoisotopic (exact) mass is 373 g/mol. The Morgan fingerprint density at radius 3 is 2.70 bits per heavy atom. The van der Waals surface area contributed by atoms with Crippen molar-refractivity contribution in [2.24, 2.45) is 0 Å². The lowest BCUT2D eigenvalue weighted by Crippen LogP contribution is -2.10. The normalized spacial score (nSPS) is 15.7. The van der Waals surface area contributed by atoms with Crippen molar-refractivity contribution in [3.63, 3.8) is 0 Å². The Bertz CT molecular complexity index is 1240. The van der Waals surface area contributed by atoms with Crippen molar-refractivity contribution in [1.82, 2.24) is 14.8 Å². The Hall–Kier alpha value is -3.25. The molecule has 3 aromatic carbocycles. The predicted molar refractivity (Wildman–Crippen MR) is 105 cm³/mol. The number of hydrogen-bond donors (Lipinski definition) is 1. The largest absolute Gasteiger partial charge is 0.452 e. The second-order valence-corrected chi connectivity index (χ2v) is 6.89. The summed E-state index contributed by atoms with van der Waals surface area (Å²) in [5.74, 6) is 0.434. The molecule has 1 unspecified atom stereocenters. The molecule has 2 heterocycles. The number of aromatic nitrogens is 3. The molecule has 1 aliphatic rings. The van der Waals surface area contributed by atoms with Crippen molar-refractivity contribution >= 4 is 29.0 Å². The standard InChI is InChI=1S/C21H15N3O2S/c25-20-17-8-4-3-7-16(17)18(26-20)12-24-19(22-23-21(24)27)15-10-9-13-5-1-2-6-14(13)11-15/h1-11,18H,12H2,(H,23,27). The molecule has 1 aliphatic heterocycles. The molecule has 6 heteroatoms. The van der Waals surface area contributed by atoms with Gasteiger partial charge in [-0.05, 0) is 35.1 Å². The molecule has 5 nitrogen and oxygen atoms in total. The van der Waals surface area contributed by atoms with Gasteiger partial charge in [-0.1, -0.05) is 54.6 Å². The third kappa shape index (κ3) is 2.65. The number of hydrogen-bond acceptors (Lipinski definition) is 4. The van der Waals surface area contributed by atoms with Gasteiger partial charge in [0.15, 0.2) is 10.6 Å². The molecule has 5 rings (SSSR count). The molecular weight excluding hydrogens is 358 g/mol. The van der Waals surface area contributed by atoms with Crippen molar-refractivity contribution in [1.29, 1.82) is 0 Å². The Morgan fingerprint density at radius 1 is 1.04 bits per heavy atom. The minimum atomic E-state index is -0.378. The predicted octanol–water partition coefficient (Wildman–Crippen LogP) is 4.67. The third-order valence-corrected chi connectivity index (χ3v) is 5.20. The van der Waals surface area contributed by atoms with Gasteiger partial charge in [0.25, 0.3) is 0 Å². The van der Waals surface area contributed by atoms with Gasteiger partial charge in [0, 0.05) is 11.1 Å². The van der Waals surface area contributed by atoms with Gasteiger partial charge in [0.2, 0.25) is 0 Å². The lowest BCUT2D eigenvalue weighted by Gasteiger charge is -2.13. The lowest BCUT2D eigenvalue weighted by molar-refractivity contribution is 0.0350. The Kier molecular flexibility index (Phi) is 3.65. The maximum absolute atomic E-state index is 12.1. The number of esters is 1. The molecule has 4 aromatic rings. The minimum absolute atomic E-state index is 0.294. The molecule has 0 fully saturated rings. The summed E-state index contributed by atoms with van der Waals surface area (Å²) in [5, 5.41) is 9.58. The summed E-state index contributed by atoms with van der Waals surface area (Å²) in [5.41, 5.74) is 2.46. The van der Waals surface area contributed by atoms with Crippen molar-refractivity contribution < 1.29 is 9.53 Å². The summed E-state index contributed by atoms with van der Waals surface area (Å²) < 4.78 is 7.96. The zero-order valence-electron chi connectivity index (χ0n) is 14.3. The molecule has 1 aromatic heterocycles. The average molecular weight is 373 g/mol. The number of cyclic esters (lactones) is 1. The zero-order valence-corrected chi connectivity index (χ0v) is 15.1. The van der Waals surface area contributed by atoms with E-state index < -0.39 is 0 Å². The van der Waals surface area contributed by atoms with E-state index in [4.69, 9.17) is 17.0 Å². The molecule has 0 saturated heterocycles. The van der Waals surface area contributed by atoms with Crippen LogP contribution in [0.25, 0.3) is 22.2 Å². The van der Waals surface area contributed by atoms with Gasteiger partial charge in [0.1, 0.15) is 6.10 Å².